The van der Waals surface area contributed by atoms with Gasteiger partial charge in [0.1, 0.15) is 17.3 Å². The van der Waals surface area contributed by atoms with Gasteiger partial charge in [-0.15, -0.1) is 0 Å². The number of ether oxygens (including phenoxy) is 1. The van der Waals surface area contributed by atoms with Gasteiger partial charge in [-0.25, -0.2) is 9.37 Å². The molecule has 0 unspecified atom stereocenters. The molecule has 202 valence electrons. The molecule has 0 spiro atoms. The maximum atomic E-state index is 15.2. The van der Waals surface area contributed by atoms with Crippen LogP contribution in [0.3, 0.4) is 0 Å². The number of nitrogens with zero attached hydrogens (tertiary/aromatic N) is 2. The molecule has 0 saturated heterocycles. The van der Waals surface area contributed by atoms with Gasteiger partial charge in [0, 0.05) is 29.3 Å². The predicted molar refractivity (Wildman–Crippen MR) is 152 cm³/mol. The molecule has 0 radical (unpaired) electrons. The van der Waals surface area contributed by atoms with Gasteiger partial charge in [0.15, 0.2) is 0 Å². The van der Waals surface area contributed by atoms with Crippen molar-refractivity contribution in [1.29, 1.82) is 0 Å². The van der Waals surface area contributed by atoms with E-state index in [9.17, 15) is 4.79 Å². The third-order valence-corrected chi connectivity index (χ3v) is 7.34. The monoisotopic (exact) mass is 537 g/mol. The average Bonchev–Trinajstić information content (AvgIpc) is 2.92. The van der Waals surface area contributed by atoms with Crippen molar-refractivity contribution in [2.45, 2.75) is 57.9 Å². The Morgan fingerprint density at radius 2 is 1.92 bits per heavy atom. The molecule has 1 aliphatic carbocycles. The number of hydrogen-bond acceptors (Lipinski definition) is 4. The quantitative estimate of drug-likeness (QED) is 0.279. The first-order valence-corrected chi connectivity index (χ1v) is 13.9. The Morgan fingerprint density at radius 3 is 2.66 bits per heavy atom. The molecule has 2 aromatic carbocycles. The van der Waals surface area contributed by atoms with E-state index in [-0.39, 0.29) is 17.8 Å². The molecule has 0 aliphatic heterocycles. The number of aromatic nitrogens is 1. The Bertz CT molecular complexity index is 1260. The van der Waals surface area contributed by atoms with Crippen molar-refractivity contribution in [3.63, 3.8) is 0 Å². The van der Waals surface area contributed by atoms with Gasteiger partial charge in [-0.3, -0.25) is 4.79 Å². The number of pyridine rings is 1. The van der Waals surface area contributed by atoms with E-state index >= 15 is 4.39 Å². The van der Waals surface area contributed by atoms with E-state index in [0.29, 0.717) is 51.9 Å². The third kappa shape index (κ3) is 6.91. The number of rotatable bonds is 10. The number of carbonyl (C=O) groups is 1. The molecule has 1 heterocycles. The highest BCUT2D eigenvalue weighted by molar-refractivity contribution is 6.32. The molecule has 1 saturated carbocycles. The lowest BCUT2D eigenvalue weighted by molar-refractivity contribution is 0.0923. The molecule has 1 fully saturated rings. The number of amides is 1. The number of hydrogen-bond donors (Lipinski definition) is 1. The van der Waals surface area contributed by atoms with E-state index in [0.717, 1.165) is 44.2 Å². The topological polar surface area (TPSA) is 54.5 Å². The van der Waals surface area contributed by atoms with Crippen LogP contribution in [0, 0.1) is 5.82 Å². The molecular weight excluding hydrogens is 501 g/mol. The highest BCUT2D eigenvalue weighted by Crippen LogP contribution is 2.38. The van der Waals surface area contributed by atoms with Gasteiger partial charge >= 0.3 is 0 Å². The fourth-order valence-electron chi connectivity index (χ4n) is 5.00. The van der Waals surface area contributed by atoms with Crippen molar-refractivity contribution >= 4 is 17.5 Å². The van der Waals surface area contributed by atoms with Gasteiger partial charge in [0.05, 0.1) is 17.3 Å². The minimum absolute atomic E-state index is 0.164. The summed E-state index contributed by atoms with van der Waals surface area (Å²) in [5.74, 6) is 0.0148. The highest BCUT2D eigenvalue weighted by Gasteiger charge is 2.22. The number of carbonyl (C=O) groups excluding carboxylic acids is 1. The van der Waals surface area contributed by atoms with Crippen LogP contribution in [0.2, 0.25) is 5.02 Å². The summed E-state index contributed by atoms with van der Waals surface area (Å²) in [4.78, 5) is 20.1. The van der Waals surface area contributed by atoms with E-state index in [1.807, 2.05) is 45.3 Å². The van der Waals surface area contributed by atoms with Gasteiger partial charge in [-0.1, -0.05) is 56.0 Å². The molecular formula is C31H37ClFN3O2. The Morgan fingerprint density at radius 1 is 1.13 bits per heavy atom. The Hall–Kier alpha value is -2.96. The van der Waals surface area contributed by atoms with E-state index in [1.165, 1.54) is 12.5 Å². The smallest absolute Gasteiger partial charge is 0.270 e. The summed E-state index contributed by atoms with van der Waals surface area (Å²) < 4.78 is 21.2. The van der Waals surface area contributed by atoms with Crippen molar-refractivity contribution in [3.8, 4) is 28.1 Å². The molecule has 0 atom stereocenters. The largest absolute Gasteiger partial charge is 0.492 e. The Labute approximate surface area is 230 Å². The standard InChI is InChI=1S/C31H37ClFN3O2/c1-4-21-10-8-13-26(33)29(21)24-15-17-27(31(37)34-23-11-6-5-7-12-23)35-30(24)22-14-16-25(32)28(20-22)38-19-9-18-36(2)3/h8,10,13-17,20,23H,4-7,9,11-12,18-19H2,1-3H3,(H,34,37). The van der Waals surface area contributed by atoms with Crippen molar-refractivity contribution in [2.75, 3.05) is 27.2 Å². The first-order chi connectivity index (χ1) is 18.4. The summed E-state index contributed by atoms with van der Waals surface area (Å²) in [6.07, 6.45) is 6.94. The molecule has 4 rings (SSSR count). The lowest BCUT2D eigenvalue weighted by atomic mass is 9.93. The number of halogens is 2. The van der Waals surface area contributed by atoms with Crippen LogP contribution in [-0.2, 0) is 6.42 Å². The maximum Gasteiger partial charge on any atom is 0.270 e. The summed E-state index contributed by atoms with van der Waals surface area (Å²) in [6.45, 7) is 3.41. The first-order valence-electron chi connectivity index (χ1n) is 13.5. The molecule has 1 N–H and O–H groups in total. The zero-order valence-corrected chi connectivity index (χ0v) is 23.3. The fraction of sp³-hybridized carbons (Fsp3) is 0.419. The summed E-state index contributed by atoms with van der Waals surface area (Å²) in [5, 5.41) is 3.64. The maximum absolute atomic E-state index is 15.2. The van der Waals surface area contributed by atoms with E-state index in [2.05, 4.69) is 10.2 Å². The van der Waals surface area contributed by atoms with E-state index in [4.69, 9.17) is 21.3 Å². The van der Waals surface area contributed by atoms with E-state index < -0.39 is 0 Å². The SMILES string of the molecule is CCc1cccc(F)c1-c1ccc(C(=O)NC2CCCCC2)nc1-c1ccc(Cl)c(OCCCN(C)C)c1. The lowest BCUT2D eigenvalue weighted by Gasteiger charge is -2.23. The molecule has 38 heavy (non-hydrogen) atoms. The zero-order chi connectivity index (χ0) is 27.1. The van der Waals surface area contributed by atoms with Gasteiger partial charge in [0.2, 0.25) is 0 Å². The molecule has 1 amide bonds. The first kappa shape index (κ1) is 28.1. The second kappa shape index (κ2) is 13.2. The Balaban J connectivity index is 1.74. The van der Waals surface area contributed by atoms with Crippen LogP contribution in [0.5, 0.6) is 5.75 Å². The zero-order valence-electron chi connectivity index (χ0n) is 22.5. The van der Waals surface area contributed by atoms with Crippen molar-refractivity contribution in [2.24, 2.45) is 0 Å². The third-order valence-electron chi connectivity index (χ3n) is 7.03. The summed E-state index contributed by atoms with van der Waals surface area (Å²) >= 11 is 6.47. The normalized spacial score (nSPS) is 14.1. The molecule has 5 nitrogen and oxygen atoms in total. The number of benzene rings is 2. The molecule has 0 bridgehead atoms. The predicted octanol–water partition coefficient (Wildman–Crippen LogP) is 7.16. The van der Waals surface area contributed by atoms with Gasteiger partial charge in [-0.2, -0.15) is 0 Å². The Kier molecular flexibility index (Phi) is 9.75. The van der Waals surface area contributed by atoms with Crippen LogP contribution in [0.15, 0.2) is 48.5 Å². The van der Waals surface area contributed by atoms with Crippen LogP contribution >= 0.6 is 11.6 Å². The minimum atomic E-state index is -0.319. The van der Waals surface area contributed by atoms with Crippen molar-refractivity contribution in [1.82, 2.24) is 15.2 Å². The van der Waals surface area contributed by atoms with Gasteiger partial charge in [0.25, 0.3) is 5.91 Å². The van der Waals surface area contributed by atoms with Gasteiger partial charge < -0.3 is 15.0 Å². The molecule has 1 aromatic heterocycles. The average molecular weight is 538 g/mol. The fourth-order valence-corrected chi connectivity index (χ4v) is 5.17. The van der Waals surface area contributed by atoms with Gasteiger partial charge in [-0.05, 0) is 75.7 Å². The summed E-state index contributed by atoms with van der Waals surface area (Å²) in [5.41, 5.74) is 3.56. The molecule has 7 heteroatoms. The number of aryl methyl sites for hydroxylation is 1. The van der Waals surface area contributed by atoms with E-state index in [1.54, 1.807) is 18.2 Å². The van der Waals surface area contributed by atoms with Crippen LogP contribution in [-0.4, -0.2) is 49.1 Å². The van der Waals surface area contributed by atoms with Crippen LogP contribution in [0.25, 0.3) is 22.4 Å². The molecule has 1 aliphatic rings. The molecule has 3 aromatic rings. The minimum Gasteiger partial charge on any atom is -0.492 e. The highest BCUT2D eigenvalue weighted by atomic mass is 35.5. The second-order valence-corrected chi connectivity index (χ2v) is 10.6. The van der Waals surface area contributed by atoms with Crippen LogP contribution in [0.1, 0.15) is 61.5 Å². The van der Waals surface area contributed by atoms with Crippen LogP contribution in [0.4, 0.5) is 4.39 Å². The lowest BCUT2D eigenvalue weighted by Crippen LogP contribution is -2.36. The van der Waals surface area contributed by atoms with Crippen molar-refractivity contribution in [3.05, 3.63) is 70.6 Å². The van der Waals surface area contributed by atoms with Crippen LogP contribution < -0.4 is 10.1 Å². The van der Waals surface area contributed by atoms with Crippen molar-refractivity contribution < 1.29 is 13.9 Å². The number of nitrogens with one attached hydrogen (secondary N) is 1. The summed E-state index contributed by atoms with van der Waals surface area (Å²) in [6, 6.07) is 14.2. The second-order valence-electron chi connectivity index (χ2n) is 10.2. The summed E-state index contributed by atoms with van der Waals surface area (Å²) in [7, 11) is 4.04.